The monoisotopic (exact) mass is 267 g/mol. The van der Waals surface area contributed by atoms with Crippen LogP contribution < -0.4 is 5.32 Å². The van der Waals surface area contributed by atoms with Gasteiger partial charge in [-0.1, -0.05) is 30.3 Å². The Morgan fingerprint density at radius 1 is 1.33 bits per heavy atom. The average Bonchev–Trinajstić information content (AvgIpc) is 2.39. The summed E-state index contributed by atoms with van der Waals surface area (Å²) in [6, 6.07) is 9.48. The second-order valence-corrected chi connectivity index (χ2v) is 7.46. The van der Waals surface area contributed by atoms with Crippen LogP contribution in [-0.4, -0.2) is 27.3 Å². The second kappa shape index (κ2) is 5.85. The standard InChI is InChI=1S/C14H21NO2S/c1-12(14-7-3-2-4-8-14)18(16,17)11-13-6-5-9-15-10-13/h2-4,7-8,12-13,15H,5-6,9-11H2,1H3. The molecule has 1 saturated heterocycles. The van der Waals surface area contributed by atoms with Crippen LogP contribution in [0.1, 0.15) is 30.6 Å². The number of rotatable bonds is 4. The maximum atomic E-state index is 12.4. The highest BCUT2D eigenvalue weighted by atomic mass is 32.2. The van der Waals surface area contributed by atoms with Gasteiger partial charge in [-0.3, -0.25) is 0 Å². The number of hydrogen-bond donors (Lipinski definition) is 1. The number of benzene rings is 1. The van der Waals surface area contributed by atoms with Gasteiger partial charge in [-0.15, -0.1) is 0 Å². The van der Waals surface area contributed by atoms with Gasteiger partial charge >= 0.3 is 0 Å². The van der Waals surface area contributed by atoms with Crippen molar-refractivity contribution in [3.63, 3.8) is 0 Å². The molecule has 0 saturated carbocycles. The molecule has 2 atom stereocenters. The van der Waals surface area contributed by atoms with Gasteiger partial charge in [0.15, 0.2) is 9.84 Å². The average molecular weight is 267 g/mol. The second-order valence-electron chi connectivity index (χ2n) is 5.09. The summed E-state index contributed by atoms with van der Waals surface area (Å²) in [5, 5.41) is 2.87. The minimum atomic E-state index is -3.05. The minimum Gasteiger partial charge on any atom is -0.316 e. The third-order valence-corrected chi connectivity index (χ3v) is 5.96. The summed E-state index contributed by atoms with van der Waals surface area (Å²) in [7, 11) is -3.05. The summed E-state index contributed by atoms with van der Waals surface area (Å²) < 4.78 is 24.7. The molecule has 3 nitrogen and oxygen atoms in total. The van der Waals surface area contributed by atoms with Crippen LogP contribution in [0, 0.1) is 5.92 Å². The van der Waals surface area contributed by atoms with E-state index < -0.39 is 15.1 Å². The molecular weight excluding hydrogens is 246 g/mol. The van der Waals surface area contributed by atoms with E-state index in [9.17, 15) is 8.42 Å². The van der Waals surface area contributed by atoms with Gasteiger partial charge in [-0.2, -0.15) is 0 Å². The van der Waals surface area contributed by atoms with Gasteiger partial charge in [0.2, 0.25) is 0 Å². The van der Waals surface area contributed by atoms with Gasteiger partial charge in [-0.05, 0) is 44.3 Å². The van der Waals surface area contributed by atoms with Crippen molar-refractivity contribution in [2.45, 2.75) is 25.0 Å². The normalized spacial score (nSPS) is 22.6. The Bertz CT molecular complexity index is 464. The summed E-state index contributed by atoms with van der Waals surface area (Å²) in [6.45, 7) is 3.65. The first-order valence-electron chi connectivity index (χ1n) is 6.57. The number of piperidine rings is 1. The number of hydrogen-bond acceptors (Lipinski definition) is 3. The highest BCUT2D eigenvalue weighted by Crippen LogP contribution is 2.25. The van der Waals surface area contributed by atoms with Crippen LogP contribution in [0.25, 0.3) is 0 Å². The molecule has 1 aromatic carbocycles. The molecule has 0 aromatic heterocycles. The molecule has 1 aromatic rings. The highest BCUT2D eigenvalue weighted by molar-refractivity contribution is 7.91. The van der Waals surface area contributed by atoms with E-state index in [1.54, 1.807) is 6.92 Å². The van der Waals surface area contributed by atoms with Crippen LogP contribution in [0.15, 0.2) is 30.3 Å². The summed E-state index contributed by atoms with van der Waals surface area (Å²) in [4.78, 5) is 0. The fraction of sp³-hybridized carbons (Fsp3) is 0.571. The Morgan fingerprint density at radius 2 is 2.06 bits per heavy atom. The summed E-state index contributed by atoms with van der Waals surface area (Å²) in [5.74, 6) is 0.575. The molecule has 0 amide bonds. The first kappa shape index (κ1) is 13.6. The molecule has 2 unspecified atom stereocenters. The smallest absolute Gasteiger partial charge is 0.157 e. The van der Waals surface area contributed by atoms with Crippen molar-refractivity contribution in [1.29, 1.82) is 0 Å². The molecule has 1 heterocycles. The Balaban J connectivity index is 2.06. The molecule has 1 aliphatic rings. The molecule has 4 heteroatoms. The third kappa shape index (κ3) is 3.33. The van der Waals surface area contributed by atoms with E-state index in [1.165, 1.54) is 0 Å². The van der Waals surface area contributed by atoms with Gasteiger partial charge in [0.1, 0.15) is 0 Å². The Kier molecular flexibility index (Phi) is 4.40. The summed E-state index contributed by atoms with van der Waals surface area (Å²) in [6.07, 6.45) is 2.10. The van der Waals surface area contributed by atoms with Crippen molar-refractivity contribution >= 4 is 9.84 Å². The van der Waals surface area contributed by atoms with Gasteiger partial charge in [0, 0.05) is 0 Å². The van der Waals surface area contributed by atoms with Gasteiger partial charge in [0.05, 0.1) is 11.0 Å². The Labute approximate surface area is 110 Å². The van der Waals surface area contributed by atoms with Crippen molar-refractivity contribution in [3.05, 3.63) is 35.9 Å². The van der Waals surface area contributed by atoms with E-state index in [0.29, 0.717) is 5.75 Å². The third-order valence-electron chi connectivity index (χ3n) is 3.67. The van der Waals surface area contributed by atoms with Gasteiger partial charge in [0.25, 0.3) is 0 Å². The van der Waals surface area contributed by atoms with Crippen LogP contribution in [0.5, 0.6) is 0 Å². The molecule has 0 aliphatic carbocycles. The summed E-state index contributed by atoms with van der Waals surface area (Å²) >= 11 is 0. The van der Waals surface area contributed by atoms with Crippen LogP contribution in [0.3, 0.4) is 0 Å². The van der Waals surface area contributed by atoms with Crippen molar-refractivity contribution in [2.75, 3.05) is 18.8 Å². The Hall–Kier alpha value is -0.870. The molecule has 1 aliphatic heterocycles. The molecule has 100 valence electrons. The fourth-order valence-electron chi connectivity index (χ4n) is 2.47. The molecule has 2 rings (SSSR count). The molecular formula is C14H21NO2S. The molecule has 1 fully saturated rings. The molecule has 0 radical (unpaired) electrons. The fourth-order valence-corrected chi connectivity index (χ4v) is 4.27. The van der Waals surface area contributed by atoms with E-state index >= 15 is 0 Å². The maximum absolute atomic E-state index is 12.4. The highest BCUT2D eigenvalue weighted by Gasteiger charge is 2.27. The lowest BCUT2D eigenvalue weighted by molar-refractivity contribution is 0.403. The van der Waals surface area contributed by atoms with E-state index in [1.807, 2.05) is 30.3 Å². The molecule has 0 spiro atoms. The molecule has 0 bridgehead atoms. The first-order valence-corrected chi connectivity index (χ1v) is 8.28. The first-order chi connectivity index (χ1) is 8.59. The van der Waals surface area contributed by atoms with Gasteiger partial charge in [-0.25, -0.2) is 8.42 Å². The lowest BCUT2D eigenvalue weighted by Gasteiger charge is -2.24. The van der Waals surface area contributed by atoms with Crippen LogP contribution in [0.4, 0.5) is 0 Å². The van der Waals surface area contributed by atoms with Crippen LogP contribution >= 0.6 is 0 Å². The number of sulfone groups is 1. The largest absolute Gasteiger partial charge is 0.316 e. The predicted octanol–water partition coefficient (Wildman–Crippen LogP) is 2.16. The molecule has 1 N–H and O–H groups in total. The zero-order chi connectivity index (χ0) is 13.0. The minimum absolute atomic E-state index is 0.273. The lowest BCUT2D eigenvalue weighted by Crippen LogP contribution is -2.34. The van der Waals surface area contributed by atoms with E-state index in [4.69, 9.17) is 0 Å². The van der Waals surface area contributed by atoms with E-state index in [-0.39, 0.29) is 5.92 Å². The zero-order valence-corrected chi connectivity index (χ0v) is 11.6. The molecule has 18 heavy (non-hydrogen) atoms. The van der Waals surface area contributed by atoms with Crippen LogP contribution in [0.2, 0.25) is 0 Å². The number of nitrogens with one attached hydrogen (secondary N) is 1. The van der Waals surface area contributed by atoms with Crippen molar-refractivity contribution < 1.29 is 8.42 Å². The maximum Gasteiger partial charge on any atom is 0.157 e. The van der Waals surface area contributed by atoms with Crippen molar-refractivity contribution in [3.8, 4) is 0 Å². The predicted molar refractivity (Wildman–Crippen MR) is 74.2 cm³/mol. The quantitative estimate of drug-likeness (QED) is 0.909. The van der Waals surface area contributed by atoms with Crippen LogP contribution in [-0.2, 0) is 9.84 Å². The topological polar surface area (TPSA) is 46.2 Å². The van der Waals surface area contributed by atoms with E-state index in [2.05, 4.69) is 5.32 Å². The van der Waals surface area contributed by atoms with Crippen molar-refractivity contribution in [1.82, 2.24) is 5.32 Å². The lowest BCUT2D eigenvalue weighted by atomic mass is 10.0. The summed E-state index contributed by atoms with van der Waals surface area (Å²) in [5.41, 5.74) is 0.890. The van der Waals surface area contributed by atoms with E-state index in [0.717, 1.165) is 31.5 Å². The van der Waals surface area contributed by atoms with Gasteiger partial charge < -0.3 is 5.32 Å². The van der Waals surface area contributed by atoms with Crippen molar-refractivity contribution in [2.24, 2.45) is 5.92 Å². The Morgan fingerprint density at radius 3 is 2.67 bits per heavy atom. The SMILES string of the molecule is CC(c1ccccc1)S(=O)(=O)CC1CCCNC1. The zero-order valence-electron chi connectivity index (χ0n) is 10.8.